The van der Waals surface area contributed by atoms with Crippen molar-refractivity contribution in [2.24, 2.45) is 0 Å². The van der Waals surface area contributed by atoms with Gasteiger partial charge in [-0.1, -0.05) is 39.8 Å². The van der Waals surface area contributed by atoms with Gasteiger partial charge in [0.25, 0.3) is 0 Å². The Bertz CT molecular complexity index is 358. The molecule has 0 aromatic heterocycles. The van der Waals surface area contributed by atoms with Crippen LogP contribution in [-0.4, -0.2) is 20.2 Å². The van der Waals surface area contributed by atoms with E-state index in [0.29, 0.717) is 0 Å². The zero-order valence-corrected chi connectivity index (χ0v) is 11.8. The van der Waals surface area contributed by atoms with E-state index in [0.717, 1.165) is 25.3 Å². The summed E-state index contributed by atoms with van der Waals surface area (Å²) in [7, 11) is 1.74. The first kappa shape index (κ1) is 14.0. The van der Waals surface area contributed by atoms with Crippen LogP contribution in [0.15, 0.2) is 18.2 Å². The molecule has 0 amide bonds. The second-order valence-corrected chi connectivity index (χ2v) is 5.05. The second kappa shape index (κ2) is 6.06. The molecule has 0 heterocycles. The fourth-order valence-corrected chi connectivity index (χ4v) is 2.04. The van der Waals surface area contributed by atoms with E-state index in [2.05, 4.69) is 51.2 Å². The number of nitrogens with one attached hydrogen (secondary N) is 1. The molecule has 1 aromatic rings. The van der Waals surface area contributed by atoms with Crippen LogP contribution in [0.1, 0.15) is 38.8 Å². The maximum absolute atomic E-state index is 5.48. The van der Waals surface area contributed by atoms with Gasteiger partial charge < -0.3 is 10.1 Å². The summed E-state index contributed by atoms with van der Waals surface area (Å²) in [5.74, 6) is 0.991. The molecule has 0 atom stereocenters. The summed E-state index contributed by atoms with van der Waals surface area (Å²) in [6, 6.07) is 6.50. The van der Waals surface area contributed by atoms with Crippen molar-refractivity contribution >= 4 is 0 Å². The fraction of sp³-hybridized carbons (Fsp3) is 0.600. The van der Waals surface area contributed by atoms with Crippen molar-refractivity contribution in [3.8, 4) is 5.75 Å². The van der Waals surface area contributed by atoms with E-state index in [1.54, 1.807) is 7.11 Å². The molecule has 0 aliphatic rings. The minimum atomic E-state index is 0.0898. The number of ether oxygens (including phenoxy) is 1. The molecular formula is C15H25NO. The predicted octanol–water partition coefficient (Wildman–Crippen LogP) is 3.14. The van der Waals surface area contributed by atoms with Crippen LogP contribution in [0.25, 0.3) is 0 Å². The minimum Gasteiger partial charge on any atom is -0.496 e. The Morgan fingerprint density at radius 3 is 2.47 bits per heavy atom. The largest absolute Gasteiger partial charge is 0.496 e. The van der Waals surface area contributed by atoms with E-state index in [4.69, 9.17) is 4.74 Å². The van der Waals surface area contributed by atoms with Crippen LogP contribution in [0.4, 0.5) is 0 Å². The van der Waals surface area contributed by atoms with E-state index in [1.165, 1.54) is 11.1 Å². The Morgan fingerprint density at radius 2 is 1.94 bits per heavy atom. The highest BCUT2D eigenvalue weighted by Crippen LogP contribution is 2.32. The molecule has 0 unspecified atom stereocenters. The topological polar surface area (TPSA) is 21.3 Å². The molecule has 0 spiro atoms. The zero-order valence-electron chi connectivity index (χ0n) is 11.8. The lowest BCUT2D eigenvalue weighted by Gasteiger charge is -2.28. The van der Waals surface area contributed by atoms with Gasteiger partial charge in [0.1, 0.15) is 5.75 Å². The highest BCUT2D eigenvalue weighted by atomic mass is 16.5. The van der Waals surface area contributed by atoms with Crippen molar-refractivity contribution in [3.63, 3.8) is 0 Å². The molecule has 1 aromatic carbocycles. The maximum Gasteiger partial charge on any atom is 0.122 e. The average Bonchev–Trinajstić information content (AvgIpc) is 2.35. The SMILES string of the molecule is CCNCC(C)(C)c1cc(CC)ccc1OC. The number of likely N-dealkylation sites (N-methyl/N-ethyl adjacent to an activating group) is 1. The summed E-state index contributed by atoms with van der Waals surface area (Å²) < 4.78 is 5.48. The number of methoxy groups -OCH3 is 1. The van der Waals surface area contributed by atoms with Crippen LogP contribution in [0.2, 0.25) is 0 Å². The molecule has 1 rings (SSSR count). The van der Waals surface area contributed by atoms with Gasteiger partial charge in [0.05, 0.1) is 7.11 Å². The summed E-state index contributed by atoms with van der Waals surface area (Å²) in [5, 5.41) is 3.42. The van der Waals surface area contributed by atoms with Crippen LogP contribution in [0.3, 0.4) is 0 Å². The van der Waals surface area contributed by atoms with Gasteiger partial charge in [-0.2, -0.15) is 0 Å². The van der Waals surface area contributed by atoms with Gasteiger partial charge in [0, 0.05) is 17.5 Å². The van der Waals surface area contributed by atoms with Crippen molar-refractivity contribution < 1.29 is 4.74 Å². The predicted molar refractivity (Wildman–Crippen MR) is 73.9 cm³/mol. The molecule has 0 fully saturated rings. The highest BCUT2D eigenvalue weighted by Gasteiger charge is 2.24. The van der Waals surface area contributed by atoms with Gasteiger partial charge in [-0.25, -0.2) is 0 Å². The lowest BCUT2D eigenvalue weighted by Crippen LogP contribution is -2.33. The van der Waals surface area contributed by atoms with Gasteiger partial charge in [0.15, 0.2) is 0 Å². The molecule has 0 aliphatic heterocycles. The zero-order chi connectivity index (χ0) is 12.9. The Morgan fingerprint density at radius 1 is 1.24 bits per heavy atom. The van der Waals surface area contributed by atoms with Gasteiger partial charge in [-0.05, 0) is 24.6 Å². The standard InChI is InChI=1S/C15H25NO/c1-6-12-8-9-14(17-5)13(10-12)15(3,4)11-16-7-2/h8-10,16H,6-7,11H2,1-5H3. The number of hydrogen-bond donors (Lipinski definition) is 1. The Hall–Kier alpha value is -1.02. The van der Waals surface area contributed by atoms with Crippen molar-refractivity contribution in [3.05, 3.63) is 29.3 Å². The Labute approximate surface area is 105 Å². The molecular weight excluding hydrogens is 210 g/mol. The third-order valence-electron chi connectivity index (χ3n) is 3.22. The van der Waals surface area contributed by atoms with Crippen LogP contribution in [0.5, 0.6) is 5.75 Å². The second-order valence-electron chi connectivity index (χ2n) is 5.05. The molecule has 0 aliphatic carbocycles. The van der Waals surface area contributed by atoms with Gasteiger partial charge in [-0.15, -0.1) is 0 Å². The average molecular weight is 235 g/mol. The number of hydrogen-bond acceptors (Lipinski definition) is 2. The summed E-state index contributed by atoms with van der Waals surface area (Å²) >= 11 is 0. The monoisotopic (exact) mass is 235 g/mol. The lowest BCUT2D eigenvalue weighted by atomic mass is 9.83. The molecule has 0 saturated carbocycles. The van der Waals surface area contributed by atoms with E-state index < -0.39 is 0 Å². The first-order valence-electron chi connectivity index (χ1n) is 6.43. The third kappa shape index (κ3) is 3.47. The first-order valence-corrected chi connectivity index (χ1v) is 6.43. The van der Waals surface area contributed by atoms with E-state index in [9.17, 15) is 0 Å². The van der Waals surface area contributed by atoms with Crippen molar-refractivity contribution in [1.29, 1.82) is 0 Å². The van der Waals surface area contributed by atoms with Crippen molar-refractivity contribution in [2.45, 2.75) is 39.5 Å². The molecule has 1 N–H and O–H groups in total. The van der Waals surface area contributed by atoms with Crippen LogP contribution in [-0.2, 0) is 11.8 Å². The molecule has 0 radical (unpaired) electrons. The minimum absolute atomic E-state index is 0.0898. The van der Waals surface area contributed by atoms with Crippen LogP contribution in [0, 0.1) is 0 Å². The number of benzene rings is 1. The lowest BCUT2D eigenvalue weighted by molar-refractivity contribution is 0.386. The van der Waals surface area contributed by atoms with E-state index in [1.807, 2.05) is 0 Å². The summed E-state index contributed by atoms with van der Waals surface area (Å²) in [6.45, 7) is 10.8. The van der Waals surface area contributed by atoms with Crippen LogP contribution < -0.4 is 10.1 Å². The van der Waals surface area contributed by atoms with Crippen molar-refractivity contribution in [2.75, 3.05) is 20.2 Å². The first-order chi connectivity index (χ1) is 8.05. The third-order valence-corrected chi connectivity index (χ3v) is 3.22. The molecule has 2 nitrogen and oxygen atoms in total. The van der Waals surface area contributed by atoms with Gasteiger partial charge >= 0.3 is 0 Å². The Kier molecular flexibility index (Phi) is 5.01. The van der Waals surface area contributed by atoms with Gasteiger partial charge in [-0.3, -0.25) is 0 Å². The van der Waals surface area contributed by atoms with E-state index in [-0.39, 0.29) is 5.41 Å². The molecule has 17 heavy (non-hydrogen) atoms. The van der Waals surface area contributed by atoms with Gasteiger partial charge in [0.2, 0.25) is 0 Å². The molecule has 96 valence electrons. The number of aryl methyl sites for hydroxylation is 1. The smallest absolute Gasteiger partial charge is 0.122 e. The van der Waals surface area contributed by atoms with Crippen molar-refractivity contribution in [1.82, 2.24) is 5.32 Å². The summed E-state index contributed by atoms with van der Waals surface area (Å²) in [5.41, 5.74) is 2.75. The highest BCUT2D eigenvalue weighted by molar-refractivity contribution is 5.42. The number of rotatable bonds is 6. The quantitative estimate of drug-likeness (QED) is 0.818. The molecule has 0 bridgehead atoms. The molecule has 0 saturated heterocycles. The molecule has 2 heteroatoms. The van der Waals surface area contributed by atoms with Crippen LogP contribution >= 0.6 is 0 Å². The Balaban J connectivity index is 3.07. The summed E-state index contributed by atoms with van der Waals surface area (Å²) in [4.78, 5) is 0. The summed E-state index contributed by atoms with van der Waals surface area (Å²) in [6.07, 6.45) is 1.06. The normalized spacial score (nSPS) is 11.6. The van der Waals surface area contributed by atoms with E-state index >= 15 is 0 Å². The maximum atomic E-state index is 5.48. The fourth-order valence-electron chi connectivity index (χ4n) is 2.04.